The van der Waals surface area contributed by atoms with Crippen molar-refractivity contribution in [2.24, 2.45) is 0 Å². The third-order valence-corrected chi connectivity index (χ3v) is 5.75. The molecule has 1 unspecified atom stereocenters. The van der Waals surface area contributed by atoms with Gasteiger partial charge in [0.15, 0.2) is 11.2 Å². The van der Waals surface area contributed by atoms with Crippen LogP contribution in [0, 0.1) is 0 Å². The quantitative estimate of drug-likeness (QED) is 0.157. The van der Waals surface area contributed by atoms with Gasteiger partial charge < -0.3 is 46.4 Å². The number of rotatable bonds is 10. The fraction of sp³-hybridized carbons (Fsp3) is 0.273. The molecule has 3 rings (SSSR count). The zero-order valence-corrected chi connectivity index (χ0v) is 19.3. The van der Waals surface area contributed by atoms with E-state index in [9.17, 15) is 35.4 Å². The van der Waals surface area contributed by atoms with Gasteiger partial charge in [0.2, 0.25) is 5.91 Å². The Hall–Kier alpha value is -2.98. The van der Waals surface area contributed by atoms with Gasteiger partial charge in [0.25, 0.3) is 17.6 Å². The Morgan fingerprint density at radius 2 is 1.69 bits per heavy atom. The van der Waals surface area contributed by atoms with Crippen LogP contribution in [-0.4, -0.2) is 60.5 Å². The molecule has 3 aromatic rings. The lowest BCUT2D eigenvalue weighted by atomic mass is 10.00. The van der Waals surface area contributed by atoms with Gasteiger partial charge in [-0.05, 0) is 17.7 Å². The van der Waals surface area contributed by atoms with Crippen LogP contribution in [0.5, 0.6) is 0 Å². The summed E-state index contributed by atoms with van der Waals surface area (Å²) in [7, 11) is 1.15. The van der Waals surface area contributed by atoms with Crippen molar-refractivity contribution >= 4 is 28.1 Å². The minimum absolute atomic E-state index is 0.0309. The molecule has 0 bridgehead atoms. The monoisotopic (exact) mass is 506 g/mol. The number of anilines is 2. The molecule has 0 aliphatic heterocycles. The highest BCUT2D eigenvalue weighted by Crippen LogP contribution is 2.33. The van der Waals surface area contributed by atoms with Crippen molar-refractivity contribution in [3.05, 3.63) is 76.8 Å². The lowest BCUT2D eigenvalue weighted by Crippen LogP contribution is -2.69. The summed E-state index contributed by atoms with van der Waals surface area (Å²) < 4.78 is 5.06. The number of aliphatic hydroxyl groups is 6. The lowest BCUT2D eigenvalue weighted by molar-refractivity contribution is -0.416. The second-order valence-electron chi connectivity index (χ2n) is 7.70. The number of nitrogens with zero attached hydrogens (tertiary/aromatic N) is 1. The Morgan fingerprint density at radius 1 is 1.06 bits per heavy atom. The predicted octanol–water partition coefficient (Wildman–Crippen LogP) is -0.702. The lowest BCUT2D eigenvalue weighted by Gasteiger charge is -2.41. The van der Waals surface area contributed by atoms with Crippen molar-refractivity contribution in [1.82, 2.24) is 10.3 Å². The topological polar surface area (TPSA) is 211 Å². The second kappa shape index (κ2) is 10.3. The molecule has 2 aromatic carbocycles. The van der Waals surface area contributed by atoms with Gasteiger partial charge in [0.05, 0.1) is 12.1 Å². The van der Waals surface area contributed by atoms with Crippen LogP contribution in [0.3, 0.4) is 0 Å². The summed E-state index contributed by atoms with van der Waals surface area (Å²) in [6.45, 7) is 0. The van der Waals surface area contributed by atoms with Crippen molar-refractivity contribution in [3.63, 3.8) is 0 Å². The number of hydrogen-bond acceptors (Lipinski definition) is 12. The molecular weight excluding hydrogens is 480 g/mol. The van der Waals surface area contributed by atoms with E-state index in [0.717, 1.165) is 19.2 Å². The molecule has 0 radical (unpaired) electrons. The molecular formula is C22H26N4O8S. The number of thiazole rings is 1. The van der Waals surface area contributed by atoms with E-state index < -0.39 is 35.2 Å². The molecule has 10 N–H and O–H groups in total. The first kappa shape index (κ1) is 26.6. The average Bonchev–Trinajstić information content (AvgIpc) is 3.18. The van der Waals surface area contributed by atoms with Gasteiger partial charge in [0, 0.05) is 23.7 Å². The summed E-state index contributed by atoms with van der Waals surface area (Å²) in [6.07, 6.45) is -1.57. The maximum absolute atomic E-state index is 12.2. The minimum Gasteiger partial charge on any atom is -0.375 e. The third-order valence-electron chi connectivity index (χ3n) is 5.03. The molecule has 1 aromatic heterocycles. The molecule has 1 heterocycles. The molecule has 0 saturated carbocycles. The van der Waals surface area contributed by atoms with Gasteiger partial charge in [-0.3, -0.25) is 4.79 Å². The summed E-state index contributed by atoms with van der Waals surface area (Å²) in [4.78, 5) is 16.1. The summed E-state index contributed by atoms with van der Waals surface area (Å²) >= 11 is 1.20. The molecule has 188 valence electrons. The fourth-order valence-corrected chi connectivity index (χ4v) is 3.89. The van der Waals surface area contributed by atoms with Crippen LogP contribution in [0.4, 0.5) is 10.8 Å². The Kier molecular flexibility index (Phi) is 7.86. The fourth-order valence-electron chi connectivity index (χ4n) is 3.33. The second-order valence-corrected chi connectivity index (χ2v) is 8.59. The van der Waals surface area contributed by atoms with Crippen molar-refractivity contribution in [2.45, 2.75) is 30.1 Å². The largest absolute Gasteiger partial charge is 0.375 e. The zero-order valence-electron chi connectivity index (χ0n) is 18.5. The van der Waals surface area contributed by atoms with E-state index in [0.29, 0.717) is 10.8 Å². The van der Waals surface area contributed by atoms with Gasteiger partial charge in [0.1, 0.15) is 0 Å². The van der Waals surface area contributed by atoms with Gasteiger partial charge in [-0.2, -0.15) is 0 Å². The normalized spacial score (nSPS) is 13.5. The molecule has 0 spiro atoms. The molecule has 1 atom stereocenters. The van der Waals surface area contributed by atoms with Gasteiger partial charge in [-0.25, -0.2) is 10.3 Å². The smallest absolute Gasteiger partial charge is 0.288 e. The number of carbonyl (C=O) groups excluding carboxylic acids is 1. The van der Waals surface area contributed by atoms with E-state index in [1.807, 2.05) is 0 Å². The van der Waals surface area contributed by atoms with Crippen molar-refractivity contribution in [2.75, 3.05) is 18.2 Å². The standard InChI is InChI=1S/C22H26N4O8S/c1-34-18(13-5-3-2-4-6-13)21(30,31)26-22(32,33)20(28,29)14-7-9-15(10-8-14)24-17(27)11-16-12-35-19(23)25-16/h2-10,12,18,26,28-33H,11H2,1H3,(H2,23,25)(H,24,27). The van der Waals surface area contributed by atoms with Gasteiger partial charge >= 0.3 is 0 Å². The number of nitrogens with one attached hydrogen (secondary N) is 2. The van der Waals surface area contributed by atoms with Gasteiger partial charge in [-0.15, -0.1) is 11.3 Å². The van der Waals surface area contributed by atoms with Crippen LogP contribution >= 0.6 is 11.3 Å². The SMILES string of the molecule is COC(c1ccccc1)C(O)(O)NC(O)(O)C(O)(O)c1ccc(NC(=O)Cc2csc(N)n2)cc1. The molecule has 12 nitrogen and oxygen atoms in total. The molecule has 0 aliphatic carbocycles. The summed E-state index contributed by atoms with van der Waals surface area (Å²) in [5.41, 5.74) is 6.11. The van der Waals surface area contributed by atoms with E-state index >= 15 is 0 Å². The Morgan fingerprint density at radius 3 is 2.23 bits per heavy atom. The average molecular weight is 507 g/mol. The molecule has 1 amide bonds. The van der Waals surface area contributed by atoms with Crippen molar-refractivity contribution in [1.29, 1.82) is 0 Å². The van der Waals surface area contributed by atoms with Gasteiger partial charge in [-0.1, -0.05) is 42.5 Å². The number of hydrogen-bond donors (Lipinski definition) is 9. The highest BCUT2D eigenvalue weighted by molar-refractivity contribution is 7.13. The highest BCUT2D eigenvalue weighted by atomic mass is 32.1. The number of amides is 1. The van der Waals surface area contributed by atoms with E-state index in [2.05, 4.69) is 10.3 Å². The summed E-state index contributed by atoms with van der Waals surface area (Å²) in [5.74, 6) is -10.7. The Labute approximate surface area is 203 Å². The predicted molar refractivity (Wildman–Crippen MR) is 125 cm³/mol. The number of methoxy groups -OCH3 is 1. The number of nitrogens with two attached hydrogens (primary N) is 1. The maximum atomic E-state index is 12.2. The molecule has 35 heavy (non-hydrogen) atoms. The van der Waals surface area contributed by atoms with E-state index in [4.69, 9.17) is 10.5 Å². The van der Waals surface area contributed by atoms with Crippen LogP contribution in [-0.2, 0) is 21.7 Å². The number of aromatic nitrogens is 1. The zero-order chi connectivity index (χ0) is 25.9. The van der Waals surface area contributed by atoms with E-state index in [1.54, 1.807) is 28.9 Å². The van der Waals surface area contributed by atoms with Crippen LogP contribution in [0.1, 0.15) is 22.9 Å². The Bertz CT molecular complexity index is 1140. The first-order valence-corrected chi connectivity index (χ1v) is 11.1. The van der Waals surface area contributed by atoms with Crippen LogP contribution in [0.2, 0.25) is 0 Å². The molecule has 0 fully saturated rings. The number of carbonyl (C=O) groups is 1. The van der Waals surface area contributed by atoms with Crippen molar-refractivity contribution < 1.29 is 40.2 Å². The summed E-state index contributed by atoms with van der Waals surface area (Å²) in [5, 5.41) is 68.8. The third kappa shape index (κ3) is 6.18. The van der Waals surface area contributed by atoms with Crippen LogP contribution in [0.25, 0.3) is 0 Å². The van der Waals surface area contributed by atoms with Crippen LogP contribution < -0.4 is 16.4 Å². The van der Waals surface area contributed by atoms with E-state index in [-0.39, 0.29) is 17.7 Å². The summed E-state index contributed by atoms with van der Waals surface area (Å²) in [6, 6.07) is 12.6. The molecule has 0 aliphatic rings. The Balaban J connectivity index is 1.72. The first-order valence-electron chi connectivity index (χ1n) is 10.2. The minimum atomic E-state index is -3.67. The number of benzene rings is 2. The van der Waals surface area contributed by atoms with Crippen molar-refractivity contribution in [3.8, 4) is 0 Å². The van der Waals surface area contributed by atoms with Crippen LogP contribution in [0.15, 0.2) is 60.0 Å². The molecule has 0 saturated heterocycles. The highest BCUT2D eigenvalue weighted by Gasteiger charge is 2.55. The first-order chi connectivity index (χ1) is 16.4. The maximum Gasteiger partial charge on any atom is 0.288 e. The van der Waals surface area contributed by atoms with E-state index in [1.165, 1.54) is 35.6 Å². The molecule has 13 heteroatoms. The number of ether oxygens (including phenoxy) is 1. The number of nitrogen functional groups attached to an aromatic ring is 1.